The Hall–Kier alpha value is -2.66. The van der Waals surface area contributed by atoms with Crippen molar-refractivity contribution in [2.24, 2.45) is 7.05 Å². The Labute approximate surface area is 170 Å². The Balaban J connectivity index is 1.56. The number of methoxy groups -OCH3 is 1. The van der Waals surface area contributed by atoms with Gasteiger partial charge in [-0.2, -0.15) is 0 Å². The first-order chi connectivity index (χ1) is 13.5. The minimum atomic E-state index is -0.373. The van der Waals surface area contributed by atoms with E-state index in [0.29, 0.717) is 21.9 Å². The second-order valence-electron chi connectivity index (χ2n) is 5.80. The number of ether oxygens (including phenoxy) is 2. The smallest absolute Gasteiger partial charge is 0.239 e. The lowest BCUT2D eigenvalue weighted by Crippen LogP contribution is -2.22. The van der Waals surface area contributed by atoms with Crippen molar-refractivity contribution in [3.8, 4) is 11.5 Å². The standard InChI is InChI=1S/C17H20N6O3S2/c1-10(15(24)18-16-21-19-11(2)28-16)27-17-22-20-14(23(17)3)9-26-13-7-5-12(25-4)6-8-13/h5-8,10H,9H2,1-4H3,(H,18,21,24)/t10-/m0/s1. The molecule has 0 saturated heterocycles. The van der Waals surface area contributed by atoms with Crippen LogP contribution in [-0.4, -0.2) is 43.2 Å². The molecule has 1 aromatic carbocycles. The SMILES string of the molecule is COc1ccc(OCc2nnc(S[C@@H](C)C(=O)Nc3nnc(C)s3)n2C)cc1. The first-order valence-corrected chi connectivity index (χ1v) is 10.1. The third kappa shape index (κ3) is 4.98. The lowest BCUT2D eigenvalue weighted by molar-refractivity contribution is -0.115. The maximum atomic E-state index is 12.3. The van der Waals surface area contributed by atoms with Gasteiger partial charge in [0.15, 0.2) is 11.0 Å². The molecule has 2 aromatic heterocycles. The van der Waals surface area contributed by atoms with Gasteiger partial charge in [-0.05, 0) is 38.1 Å². The maximum absolute atomic E-state index is 12.3. The number of aromatic nitrogens is 5. The molecule has 1 N–H and O–H groups in total. The van der Waals surface area contributed by atoms with Crippen LogP contribution in [0.25, 0.3) is 0 Å². The Morgan fingerprint density at radius 2 is 1.93 bits per heavy atom. The van der Waals surface area contributed by atoms with E-state index in [1.807, 2.05) is 42.8 Å². The molecule has 11 heteroatoms. The summed E-state index contributed by atoms with van der Waals surface area (Å²) in [5.74, 6) is 1.96. The van der Waals surface area contributed by atoms with E-state index in [2.05, 4.69) is 25.7 Å². The van der Waals surface area contributed by atoms with Crippen LogP contribution in [0.1, 0.15) is 17.8 Å². The van der Waals surface area contributed by atoms with Gasteiger partial charge in [0, 0.05) is 7.05 Å². The molecule has 0 aliphatic heterocycles. The second-order valence-corrected chi connectivity index (χ2v) is 8.29. The van der Waals surface area contributed by atoms with Crippen LogP contribution >= 0.6 is 23.1 Å². The Morgan fingerprint density at radius 1 is 1.21 bits per heavy atom. The minimum Gasteiger partial charge on any atom is -0.497 e. The van der Waals surface area contributed by atoms with Crippen LogP contribution in [0.4, 0.5) is 5.13 Å². The molecule has 2 heterocycles. The maximum Gasteiger partial charge on any atom is 0.239 e. The normalized spacial score (nSPS) is 11.9. The summed E-state index contributed by atoms with van der Waals surface area (Å²) in [6, 6.07) is 7.30. The molecular weight excluding hydrogens is 400 g/mol. The van der Waals surface area contributed by atoms with E-state index in [1.54, 1.807) is 14.0 Å². The Bertz CT molecular complexity index is 941. The quantitative estimate of drug-likeness (QED) is 0.555. The number of anilines is 1. The molecular formula is C17H20N6O3S2. The Kier molecular flexibility index (Phi) is 6.47. The van der Waals surface area contributed by atoms with Crippen LogP contribution < -0.4 is 14.8 Å². The number of hydrogen-bond acceptors (Lipinski definition) is 9. The van der Waals surface area contributed by atoms with Gasteiger partial charge in [-0.1, -0.05) is 23.1 Å². The molecule has 0 aliphatic rings. The number of hydrogen-bond donors (Lipinski definition) is 1. The van der Waals surface area contributed by atoms with Crippen LogP contribution in [0.3, 0.4) is 0 Å². The number of rotatable bonds is 8. The zero-order valence-electron chi connectivity index (χ0n) is 15.9. The number of nitrogens with zero attached hydrogens (tertiary/aromatic N) is 5. The molecule has 0 fully saturated rings. The van der Waals surface area contributed by atoms with Crippen LogP contribution in [0.2, 0.25) is 0 Å². The minimum absolute atomic E-state index is 0.166. The molecule has 3 aromatic rings. The number of carbonyl (C=O) groups excluding carboxylic acids is 1. The highest BCUT2D eigenvalue weighted by atomic mass is 32.2. The monoisotopic (exact) mass is 420 g/mol. The van der Waals surface area contributed by atoms with Gasteiger partial charge in [-0.25, -0.2) is 0 Å². The lowest BCUT2D eigenvalue weighted by atomic mass is 10.3. The number of nitrogens with one attached hydrogen (secondary N) is 1. The van der Waals surface area contributed by atoms with Gasteiger partial charge in [0.25, 0.3) is 0 Å². The van der Waals surface area contributed by atoms with Crippen molar-refractivity contribution < 1.29 is 14.3 Å². The van der Waals surface area contributed by atoms with Crippen LogP contribution in [0.5, 0.6) is 11.5 Å². The molecule has 1 atom stereocenters. The predicted molar refractivity (Wildman–Crippen MR) is 107 cm³/mol. The molecule has 0 aliphatic carbocycles. The fourth-order valence-corrected chi connectivity index (χ4v) is 3.59. The van der Waals surface area contributed by atoms with Gasteiger partial charge >= 0.3 is 0 Å². The van der Waals surface area contributed by atoms with Crippen LogP contribution in [-0.2, 0) is 18.4 Å². The second kappa shape index (κ2) is 9.02. The van der Waals surface area contributed by atoms with E-state index in [4.69, 9.17) is 9.47 Å². The third-order valence-electron chi connectivity index (χ3n) is 3.76. The van der Waals surface area contributed by atoms with Gasteiger partial charge in [0.1, 0.15) is 23.1 Å². The van der Waals surface area contributed by atoms with Crippen molar-refractivity contribution in [3.63, 3.8) is 0 Å². The molecule has 0 saturated carbocycles. The average Bonchev–Trinajstić information content (AvgIpc) is 3.26. The highest BCUT2D eigenvalue weighted by molar-refractivity contribution is 8.00. The van der Waals surface area contributed by atoms with E-state index < -0.39 is 0 Å². The number of aryl methyl sites for hydroxylation is 1. The van der Waals surface area contributed by atoms with E-state index in [9.17, 15) is 4.79 Å². The average molecular weight is 421 g/mol. The van der Waals surface area contributed by atoms with Gasteiger partial charge < -0.3 is 14.0 Å². The van der Waals surface area contributed by atoms with Crippen molar-refractivity contribution in [2.75, 3.05) is 12.4 Å². The number of thioether (sulfide) groups is 1. The molecule has 28 heavy (non-hydrogen) atoms. The number of benzene rings is 1. The van der Waals surface area contributed by atoms with E-state index in [-0.39, 0.29) is 17.8 Å². The predicted octanol–water partition coefficient (Wildman–Crippen LogP) is 2.68. The van der Waals surface area contributed by atoms with Crippen LogP contribution in [0, 0.1) is 6.92 Å². The topological polar surface area (TPSA) is 104 Å². The highest BCUT2D eigenvalue weighted by Crippen LogP contribution is 2.24. The zero-order chi connectivity index (χ0) is 20.1. The third-order valence-corrected chi connectivity index (χ3v) is 5.65. The van der Waals surface area contributed by atoms with Crippen molar-refractivity contribution >= 4 is 34.1 Å². The van der Waals surface area contributed by atoms with Gasteiger partial charge in [-0.15, -0.1) is 20.4 Å². The molecule has 0 radical (unpaired) electrons. The molecule has 0 unspecified atom stereocenters. The summed E-state index contributed by atoms with van der Waals surface area (Å²) in [6.45, 7) is 3.90. The molecule has 9 nitrogen and oxygen atoms in total. The summed E-state index contributed by atoms with van der Waals surface area (Å²) < 4.78 is 12.7. The zero-order valence-corrected chi connectivity index (χ0v) is 17.5. The van der Waals surface area contributed by atoms with Crippen molar-refractivity contribution in [1.29, 1.82) is 0 Å². The molecule has 148 valence electrons. The summed E-state index contributed by atoms with van der Waals surface area (Å²) >= 11 is 2.65. The van der Waals surface area contributed by atoms with E-state index in [1.165, 1.54) is 23.1 Å². The van der Waals surface area contributed by atoms with Crippen molar-refractivity contribution in [3.05, 3.63) is 35.1 Å². The molecule has 3 rings (SSSR count). The molecule has 0 spiro atoms. The first kappa shape index (κ1) is 20.1. The van der Waals surface area contributed by atoms with Crippen LogP contribution in [0.15, 0.2) is 29.4 Å². The van der Waals surface area contributed by atoms with Gasteiger partial charge in [-0.3, -0.25) is 10.1 Å². The fourth-order valence-electron chi connectivity index (χ4n) is 2.16. The highest BCUT2D eigenvalue weighted by Gasteiger charge is 2.20. The van der Waals surface area contributed by atoms with E-state index >= 15 is 0 Å². The first-order valence-electron chi connectivity index (χ1n) is 8.39. The number of amides is 1. The molecule has 0 bridgehead atoms. The van der Waals surface area contributed by atoms with Gasteiger partial charge in [0.2, 0.25) is 11.0 Å². The summed E-state index contributed by atoms with van der Waals surface area (Å²) in [7, 11) is 3.46. The van der Waals surface area contributed by atoms with E-state index in [0.717, 1.165) is 10.8 Å². The summed E-state index contributed by atoms with van der Waals surface area (Å²) in [4.78, 5) is 12.3. The summed E-state index contributed by atoms with van der Waals surface area (Å²) in [5, 5.41) is 20.4. The largest absolute Gasteiger partial charge is 0.497 e. The summed E-state index contributed by atoms with van der Waals surface area (Å²) in [5.41, 5.74) is 0. The van der Waals surface area contributed by atoms with Crippen molar-refractivity contribution in [2.45, 2.75) is 30.9 Å². The summed E-state index contributed by atoms with van der Waals surface area (Å²) in [6.07, 6.45) is 0. The molecule has 1 amide bonds. The van der Waals surface area contributed by atoms with Gasteiger partial charge in [0.05, 0.1) is 12.4 Å². The van der Waals surface area contributed by atoms with Crippen molar-refractivity contribution in [1.82, 2.24) is 25.0 Å². The number of carbonyl (C=O) groups is 1. The fraction of sp³-hybridized carbons (Fsp3) is 0.353. The lowest BCUT2D eigenvalue weighted by Gasteiger charge is -2.10. The Morgan fingerprint density at radius 3 is 2.57 bits per heavy atom.